The molecule has 0 saturated heterocycles. The van der Waals surface area contributed by atoms with Crippen molar-refractivity contribution in [2.24, 2.45) is 5.41 Å². The van der Waals surface area contributed by atoms with E-state index in [9.17, 15) is 30.0 Å². The second-order valence-corrected chi connectivity index (χ2v) is 15.7. The molecule has 0 bridgehead atoms. The van der Waals surface area contributed by atoms with Gasteiger partial charge in [0.15, 0.2) is 0 Å². The lowest BCUT2D eigenvalue weighted by Gasteiger charge is -2.40. The largest absolute Gasteiger partial charge is 0.500 e. The summed E-state index contributed by atoms with van der Waals surface area (Å²) in [5.74, 6) is -1.10. The molecule has 0 aromatic heterocycles. The van der Waals surface area contributed by atoms with Crippen molar-refractivity contribution in [1.82, 2.24) is 9.80 Å². The van der Waals surface area contributed by atoms with Gasteiger partial charge in [0.05, 0.1) is 26.4 Å². The van der Waals surface area contributed by atoms with Crippen molar-refractivity contribution in [2.45, 2.75) is 79.3 Å². The van der Waals surface area contributed by atoms with Gasteiger partial charge in [-0.3, -0.25) is 9.59 Å². The molecule has 0 rings (SSSR count). The summed E-state index contributed by atoms with van der Waals surface area (Å²) in [7, 11) is -6.27. The summed E-state index contributed by atoms with van der Waals surface area (Å²) in [6, 6.07) is 0.695. The van der Waals surface area contributed by atoms with Crippen LogP contribution in [-0.4, -0.2) is 152 Å². The molecule has 0 saturated carbocycles. The van der Waals surface area contributed by atoms with Crippen molar-refractivity contribution < 1.29 is 56.6 Å². The minimum absolute atomic E-state index is 0.0693. The van der Waals surface area contributed by atoms with Crippen LogP contribution in [0.15, 0.2) is 0 Å². The molecule has 14 nitrogen and oxygen atoms in total. The van der Waals surface area contributed by atoms with E-state index in [0.717, 1.165) is 0 Å². The van der Waals surface area contributed by atoms with Gasteiger partial charge in [-0.1, -0.05) is 0 Å². The molecule has 0 heterocycles. The molecule has 0 aliphatic rings. The highest BCUT2D eigenvalue weighted by atomic mass is 28.4. The highest BCUT2D eigenvalue weighted by Crippen LogP contribution is 2.38. The number of rotatable bonds is 30. The second kappa shape index (κ2) is 25.1. The van der Waals surface area contributed by atoms with Crippen LogP contribution in [0, 0.1) is 5.41 Å². The molecule has 0 radical (unpaired) electrons. The SMILES string of the molecule is CCO[Si](CCCC(CCC[Si](OCC)(OCC)OCC)(C(=O)N(CCO)CCO)C(=O)N(CCO)CCO)(OCC)OCC. The first-order valence-corrected chi connectivity index (χ1v) is 20.4. The van der Waals surface area contributed by atoms with E-state index >= 15 is 0 Å². The molecular weight excluding hydrogens is 624 g/mol. The van der Waals surface area contributed by atoms with Gasteiger partial charge in [-0.25, -0.2) is 0 Å². The lowest BCUT2D eigenvalue weighted by Crippen LogP contribution is -2.56. The fourth-order valence-corrected chi connectivity index (χ4v) is 10.8. The van der Waals surface area contributed by atoms with Gasteiger partial charge in [0.2, 0.25) is 11.8 Å². The van der Waals surface area contributed by atoms with E-state index in [1.807, 2.05) is 41.5 Å². The van der Waals surface area contributed by atoms with Gasteiger partial charge < -0.3 is 56.8 Å². The van der Waals surface area contributed by atoms with Gasteiger partial charge in [-0.2, -0.15) is 0 Å². The van der Waals surface area contributed by atoms with Crippen LogP contribution in [0.25, 0.3) is 0 Å². The minimum Gasteiger partial charge on any atom is -0.395 e. The van der Waals surface area contributed by atoms with E-state index in [-0.39, 0.29) is 65.4 Å². The van der Waals surface area contributed by atoms with Crippen LogP contribution in [0.5, 0.6) is 0 Å². The molecule has 2 amide bonds. The normalized spacial score (nSPS) is 12.5. The Morgan fingerprint density at radius 1 is 0.511 bits per heavy atom. The average Bonchev–Trinajstić information content (AvgIpc) is 3.00. The van der Waals surface area contributed by atoms with Crippen LogP contribution in [0.2, 0.25) is 12.1 Å². The Bertz CT molecular complexity index is 676. The Morgan fingerprint density at radius 2 is 0.756 bits per heavy atom. The molecule has 0 aliphatic carbocycles. The standard InChI is InChI=1S/C29H62N2O12Si2/c1-7-38-44(39-8-2,40-9-3)25-13-15-29(27(36)30(17-21-32)18-22-33,28(37)31(19-23-34)20-24-35)16-14-26-45(41-10-4,42-11-5)43-12-6/h32-35H,7-26H2,1-6H3. The van der Waals surface area contributed by atoms with Crippen molar-refractivity contribution in [3.8, 4) is 0 Å². The Labute approximate surface area is 272 Å². The zero-order chi connectivity index (χ0) is 34.2. The van der Waals surface area contributed by atoms with Crippen LogP contribution in [-0.2, 0) is 36.1 Å². The number of nitrogens with zero attached hydrogens (tertiary/aromatic N) is 2. The first kappa shape index (κ1) is 44.0. The summed E-state index contributed by atoms with van der Waals surface area (Å²) in [6.07, 6.45) is 0.791. The van der Waals surface area contributed by atoms with Gasteiger partial charge >= 0.3 is 17.6 Å². The maximum Gasteiger partial charge on any atom is 0.500 e. The first-order chi connectivity index (χ1) is 21.6. The molecule has 0 spiro atoms. The molecule has 0 aromatic carbocycles. The van der Waals surface area contributed by atoms with Crippen LogP contribution >= 0.6 is 0 Å². The summed E-state index contributed by atoms with van der Waals surface area (Å²) in [5, 5.41) is 39.2. The molecular formula is C29H62N2O12Si2. The van der Waals surface area contributed by atoms with E-state index in [2.05, 4.69) is 0 Å². The number of aliphatic hydroxyl groups excluding tert-OH is 4. The number of carbonyl (C=O) groups is 2. The van der Waals surface area contributed by atoms with Crippen molar-refractivity contribution in [2.75, 3.05) is 92.2 Å². The first-order valence-electron chi connectivity index (χ1n) is 16.5. The third kappa shape index (κ3) is 14.3. The molecule has 0 aromatic rings. The van der Waals surface area contributed by atoms with Crippen LogP contribution in [0.1, 0.15) is 67.2 Å². The molecule has 45 heavy (non-hydrogen) atoms. The maximum atomic E-state index is 14.5. The van der Waals surface area contributed by atoms with Crippen LogP contribution in [0.4, 0.5) is 0 Å². The van der Waals surface area contributed by atoms with E-state index in [1.54, 1.807) is 0 Å². The van der Waals surface area contributed by atoms with Crippen molar-refractivity contribution >= 4 is 29.4 Å². The highest BCUT2D eigenvalue weighted by Gasteiger charge is 2.51. The lowest BCUT2D eigenvalue weighted by molar-refractivity contribution is -0.159. The monoisotopic (exact) mass is 686 g/mol. The van der Waals surface area contributed by atoms with E-state index in [4.69, 9.17) is 26.6 Å². The predicted octanol–water partition coefficient (Wildman–Crippen LogP) is 1.26. The molecule has 268 valence electrons. The second-order valence-electron chi connectivity index (χ2n) is 10.2. The maximum absolute atomic E-state index is 14.5. The van der Waals surface area contributed by atoms with Gasteiger partial charge in [0, 0.05) is 77.9 Å². The Morgan fingerprint density at radius 3 is 0.956 bits per heavy atom. The Balaban J connectivity index is 6.98. The van der Waals surface area contributed by atoms with E-state index < -0.39 is 34.8 Å². The third-order valence-corrected chi connectivity index (χ3v) is 13.5. The van der Waals surface area contributed by atoms with Gasteiger partial charge in [0.1, 0.15) is 5.41 Å². The highest BCUT2D eigenvalue weighted by molar-refractivity contribution is 6.61. The molecule has 0 atom stereocenters. The zero-order valence-electron chi connectivity index (χ0n) is 28.6. The number of amides is 2. The number of aliphatic hydroxyl groups is 4. The van der Waals surface area contributed by atoms with Crippen LogP contribution < -0.4 is 0 Å². The zero-order valence-corrected chi connectivity index (χ0v) is 30.6. The Hall–Kier alpha value is -1.03. The summed E-state index contributed by atoms with van der Waals surface area (Å²) < 4.78 is 36.2. The fourth-order valence-electron chi connectivity index (χ4n) is 5.58. The van der Waals surface area contributed by atoms with E-state index in [1.165, 1.54) is 9.80 Å². The summed E-state index contributed by atoms with van der Waals surface area (Å²) in [6.45, 7) is 11.6. The molecule has 0 unspecified atom stereocenters. The third-order valence-electron chi connectivity index (χ3n) is 7.23. The van der Waals surface area contributed by atoms with Crippen molar-refractivity contribution in [3.63, 3.8) is 0 Å². The predicted molar refractivity (Wildman–Crippen MR) is 173 cm³/mol. The number of hydrogen-bond acceptors (Lipinski definition) is 12. The van der Waals surface area contributed by atoms with Crippen molar-refractivity contribution in [1.29, 1.82) is 0 Å². The lowest BCUT2D eigenvalue weighted by atomic mass is 9.76. The molecule has 0 aliphatic heterocycles. The summed E-state index contributed by atoms with van der Waals surface area (Å²) in [5.41, 5.74) is -1.68. The molecule has 16 heteroatoms. The van der Waals surface area contributed by atoms with E-state index in [0.29, 0.717) is 64.6 Å². The number of carbonyl (C=O) groups excluding carboxylic acids is 2. The molecule has 0 fully saturated rings. The van der Waals surface area contributed by atoms with Crippen LogP contribution in [0.3, 0.4) is 0 Å². The van der Waals surface area contributed by atoms with Gasteiger partial charge in [-0.15, -0.1) is 0 Å². The minimum atomic E-state index is -3.14. The van der Waals surface area contributed by atoms with Crippen molar-refractivity contribution in [3.05, 3.63) is 0 Å². The average molecular weight is 687 g/mol. The Kier molecular flexibility index (Phi) is 24.5. The van der Waals surface area contributed by atoms with Gasteiger partial charge in [0.25, 0.3) is 0 Å². The quantitative estimate of drug-likeness (QED) is 0.0630. The number of hydrogen-bond donors (Lipinski definition) is 4. The summed E-state index contributed by atoms with van der Waals surface area (Å²) in [4.78, 5) is 31.7. The molecule has 4 N–H and O–H groups in total. The van der Waals surface area contributed by atoms with Gasteiger partial charge in [-0.05, 0) is 67.2 Å². The summed E-state index contributed by atoms with van der Waals surface area (Å²) >= 11 is 0. The fraction of sp³-hybridized carbons (Fsp3) is 0.931. The topological polar surface area (TPSA) is 177 Å². The smallest absolute Gasteiger partial charge is 0.395 e.